The number of benzene rings is 1. The molecular weight excluding hydrogens is 392 g/mol. The molecule has 0 spiro atoms. The zero-order chi connectivity index (χ0) is 21.0. The van der Waals surface area contributed by atoms with Crippen molar-refractivity contribution >= 4 is 11.6 Å². The van der Waals surface area contributed by atoms with Gasteiger partial charge in [-0.1, -0.05) is 12.1 Å². The van der Waals surface area contributed by atoms with Crippen LogP contribution in [0.25, 0.3) is 5.65 Å². The van der Waals surface area contributed by atoms with Crippen LogP contribution in [-0.4, -0.2) is 70.5 Å². The summed E-state index contributed by atoms with van der Waals surface area (Å²) in [7, 11) is 0. The topological polar surface area (TPSA) is 59.3 Å². The molecule has 2 aromatic heterocycles. The number of carbonyl (C=O) groups is 1. The monoisotopic (exact) mass is 420 g/mol. The van der Waals surface area contributed by atoms with Crippen LogP contribution in [0, 0.1) is 0 Å². The van der Waals surface area contributed by atoms with Crippen LogP contribution in [0.15, 0.2) is 54.9 Å². The molecule has 2 saturated heterocycles. The van der Waals surface area contributed by atoms with Crippen molar-refractivity contribution in [2.45, 2.75) is 25.6 Å². The quantitative estimate of drug-likeness (QED) is 0.614. The van der Waals surface area contributed by atoms with E-state index in [4.69, 9.17) is 9.47 Å². The van der Waals surface area contributed by atoms with Gasteiger partial charge >= 0.3 is 0 Å². The lowest BCUT2D eigenvalue weighted by Gasteiger charge is -2.35. The number of piperazine rings is 1. The van der Waals surface area contributed by atoms with E-state index < -0.39 is 0 Å². The van der Waals surface area contributed by atoms with Crippen molar-refractivity contribution in [3.05, 3.63) is 66.1 Å². The van der Waals surface area contributed by atoms with Gasteiger partial charge in [-0.25, -0.2) is 4.98 Å². The SMILES string of the molecule is O=C(c1cccc(OCc2cn3ccccc3n2)c1)N1CCN(C[C@H]2CCCO2)CC1. The fourth-order valence-electron chi connectivity index (χ4n) is 4.33. The van der Waals surface area contributed by atoms with Crippen molar-refractivity contribution in [3.8, 4) is 5.75 Å². The lowest BCUT2D eigenvalue weighted by molar-refractivity contribution is 0.0432. The molecule has 2 aliphatic heterocycles. The van der Waals surface area contributed by atoms with Crippen molar-refractivity contribution in [1.29, 1.82) is 0 Å². The van der Waals surface area contributed by atoms with E-state index in [9.17, 15) is 4.79 Å². The highest BCUT2D eigenvalue weighted by Gasteiger charge is 2.25. The molecule has 2 fully saturated rings. The van der Waals surface area contributed by atoms with Gasteiger partial charge in [0.2, 0.25) is 0 Å². The number of ether oxygens (including phenoxy) is 2. The summed E-state index contributed by atoms with van der Waals surface area (Å²) in [5.41, 5.74) is 2.41. The predicted octanol–water partition coefficient (Wildman–Crippen LogP) is 2.85. The van der Waals surface area contributed by atoms with E-state index in [2.05, 4.69) is 9.88 Å². The molecule has 2 aliphatic rings. The molecule has 5 rings (SSSR count). The van der Waals surface area contributed by atoms with Crippen LogP contribution >= 0.6 is 0 Å². The summed E-state index contributed by atoms with van der Waals surface area (Å²) in [6.07, 6.45) is 6.61. The van der Waals surface area contributed by atoms with E-state index in [1.54, 1.807) is 0 Å². The number of aromatic nitrogens is 2. The smallest absolute Gasteiger partial charge is 0.254 e. The number of hydrogen-bond donors (Lipinski definition) is 0. The molecule has 7 nitrogen and oxygen atoms in total. The zero-order valence-electron chi connectivity index (χ0n) is 17.7. The van der Waals surface area contributed by atoms with Crippen molar-refractivity contribution in [1.82, 2.24) is 19.2 Å². The lowest BCUT2D eigenvalue weighted by atomic mass is 10.1. The third kappa shape index (κ3) is 4.73. The molecule has 3 aromatic rings. The Balaban J connectivity index is 1.16. The highest BCUT2D eigenvalue weighted by molar-refractivity contribution is 5.94. The standard InChI is InChI=1S/C24H28N4O3/c29-24(27-12-10-26(11-13-27)17-22-7-4-14-30-22)19-5-3-6-21(15-19)31-18-20-16-28-9-2-1-8-23(28)25-20/h1-3,5-6,8-9,15-16,22H,4,7,10-14,17-18H2/t22-/m1/s1. The van der Waals surface area contributed by atoms with Gasteiger partial charge < -0.3 is 18.8 Å². The number of carbonyl (C=O) groups excluding carboxylic acids is 1. The molecule has 0 N–H and O–H groups in total. The first-order valence-corrected chi connectivity index (χ1v) is 11.0. The van der Waals surface area contributed by atoms with Crippen molar-refractivity contribution in [2.75, 3.05) is 39.3 Å². The van der Waals surface area contributed by atoms with Gasteiger partial charge in [-0.3, -0.25) is 9.69 Å². The van der Waals surface area contributed by atoms with E-state index in [0.29, 0.717) is 24.0 Å². The Hall–Kier alpha value is -2.90. The number of hydrogen-bond acceptors (Lipinski definition) is 5. The number of imidazole rings is 1. The molecular formula is C24H28N4O3. The minimum atomic E-state index is 0.0648. The lowest BCUT2D eigenvalue weighted by Crippen LogP contribution is -2.50. The first kappa shape index (κ1) is 20.0. The molecule has 4 heterocycles. The van der Waals surface area contributed by atoms with Crippen LogP contribution in [-0.2, 0) is 11.3 Å². The maximum atomic E-state index is 13.0. The number of pyridine rings is 1. The molecule has 0 unspecified atom stereocenters. The molecule has 162 valence electrons. The minimum Gasteiger partial charge on any atom is -0.487 e. The average Bonchev–Trinajstić information content (AvgIpc) is 3.47. The van der Waals surface area contributed by atoms with E-state index in [1.165, 1.54) is 6.42 Å². The van der Waals surface area contributed by atoms with Crippen LogP contribution in [0.5, 0.6) is 5.75 Å². The molecule has 31 heavy (non-hydrogen) atoms. The Labute approximate surface area is 182 Å². The minimum absolute atomic E-state index is 0.0648. The van der Waals surface area contributed by atoms with Crippen LogP contribution in [0.4, 0.5) is 0 Å². The molecule has 0 radical (unpaired) electrons. The Morgan fingerprint density at radius 2 is 2.03 bits per heavy atom. The highest BCUT2D eigenvalue weighted by atomic mass is 16.5. The largest absolute Gasteiger partial charge is 0.487 e. The number of fused-ring (bicyclic) bond motifs is 1. The summed E-state index contributed by atoms with van der Waals surface area (Å²) in [6.45, 7) is 5.52. The van der Waals surface area contributed by atoms with E-state index in [1.807, 2.05) is 64.2 Å². The number of amides is 1. The van der Waals surface area contributed by atoms with Gasteiger partial charge in [0.15, 0.2) is 0 Å². The summed E-state index contributed by atoms with van der Waals surface area (Å²) >= 11 is 0. The summed E-state index contributed by atoms with van der Waals surface area (Å²) < 4.78 is 13.6. The zero-order valence-corrected chi connectivity index (χ0v) is 17.7. The van der Waals surface area contributed by atoms with Crippen LogP contribution in [0.2, 0.25) is 0 Å². The molecule has 0 saturated carbocycles. The first-order valence-electron chi connectivity index (χ1n) is 11.0. The van der Waals surface area contributed by atoms with Gasteiger partial charge in [-0.2, -0.15) is 0 Å². The van der Waals surface area contributed by atoms with Gasteiger partial charge in [-0.15, -0.1) is 0 Å². The molecule has 0 aliphatic carbocycles. The third-order valence-electron chi connectivity index (χ3n) is 6.03. The van der Waals surface area contributed by atoms with Crippen molar-refractivity contribution < 1.29 is 14.3 Å². The van der Waals surface area contributed by atoms with E-state index in [-0.39, 0.29) is 5.91 Å². The Morgan fingerprint density at radius 1 is 1.13 bits per heavy atom. The molecule has 1 aromatic carbocycles. The summed E-state index contributed by atoms with van der Waals surface area (Å²) in [4.78, 5) is 21.9. The Kier molecular flexibility index (Phi) is 5.86. The second kappa shape index (κ2) is 9.08. The third-order valence-corrected chi connectivity index (χ3v) is 6.03. The predicted molar refractivity (Wildman–Crippen MR) is 117 cm³/mol. The normalized spacial score (nSPS) is 19.7. The molecule has 1 amide bonds. The maximum Gasteiger partial charge on any atom is 0.254 e. The van der Waals surface area contributed by atoms with Gasteiger partial charge in [0, 0.05) is 57.3 Å². The van der Waals surface area contributed by atoms with Crippen molar-refractivity contribution in [3.63, 3.8) is 0 Å². The fourth-order valence-corrected chi connectivity index (χ4v) is 4.33. The van der Waals surface area contributed by atoms with Gasteiger partial charge in [0.25, 0.3) is 5.91 Å². The van der Waals surface area contributed by atoms with Crippen LogP contribution in [0.1, 0.15) is 28.9 Å². The van der Waals surface area contributed by atoms with Gasteiger partial charge in [0.05, 0.1) is 11.8 Å². The molecule has 0 bridgehead atoms. The second-order valence-corrected chi connectivity index (χ2v) is 8.24. The van der Waals surface area contributed by atoms with Gasteiger partial charge in [-0.05, 0) is 43.2 Å². The molecule has 7 heteroatoms. The maximum absolute atomic E-state index is 13.0. The second-order valence-electron chi connectivity index (χ2n) is 8.24. The Morgan fingerprint density at radius 3 is 2.84 bits per heavy atom. The van der Waals surface area contributed by atoms with Crippen LogP contribution < -0.4 is 4.74 Å². The van der Waals surface area contributed by atoms with Crippen LogP contribution in [0.3, 0.4) is 0 Å². The van der Waals surface area contributed by atoms with Gasteiger partial charge in [0.1, 0.15) is 18.0 Å². The van der Waals surface area contributed by atoms with E-state index in [0.717, 1.165) is 57.1 Å². The van der Waals surface area contributed by atoms with Crippen molar-refractivity contribution in [2.24, 2.45) is 0 Å². The van der Waals surface area contributed by atoms with E-state index >= 15 is 0 Å². The number of rotatable bonds is 6. The fraction of sp³-hybridized carbons (Fsp3) is 0.417. The molecule has 1 atom stereocenters. The first-order chi connectivity index (χ1) is 15.2. The average molecular weight is 421 g/mol. The summed E-state index contributed by atoms with van der Waals surface area (Å²) in [5, 5.41) is 0. The number of nitrogens with zero attached hydrogens (tertiary/aromatic N) is 4. The summed E-state index contributed by atoms with van der Waals surface area (Å²) in [6, 6.07) is 13.3. The summed E-state index contributed by atoms with van der Waals surface area (Å²) in [5.74, 6) is 0.745. The highest BCUT2D eigenvalue weighted by Crippen LogP contribution is 2.19. The Bertz CT molecular complexity index is 1000.